The third-order valence-corrected chi connectivity index (χ3v) is 3.67. The van der Waals surface area contributed by atoms with Gasteiger partial charge in [0, 0.05) is 29.8 Å². The Morgan fingerprint density at radius 1 is 1.22 bits per heavy atom. The van der Waals surface area contributed by atoms with Crippen molar-refractivity contribution < 1.29 is 13.2 Å². The van der Waals surface area contributed by atoms with Gasteiger partial charge in [-0.05, 0) is 23.8 Å². The number of hydrogen-bond donors (Lipinski definition) is 0. The lowest BCUT2D eigenvalue weighted by Crippen LogP contribution is -1.97. The molecule has 0 aliphatic heterocycles. The third-order valence-electron chi connectivity index (χ3n) is 2.55. The van der Waals surface area contributed by atoms with Crippen LogP contribution >= 0.6 is 0 Å². The predicted octanol–water partition coefficient (Wildman–Crippen LogP) is 1.96. The SMILES string of the molecule is CS(=O)(=O)c1cccc(-c2cnccc2C=O)c1. The second-order valence-corrected chi connectivity index (χ2v) is 5.90. The molecule has 0 aliphatic rings. The average Bonchev–Trinajstić information content (AvgIpc) is 2.38. The molecule has 0 unspecified atom stereocenters. The first-order chi connectivity index (χ1) is 8.52. The van der Waals surface area contributed by atoms with Gasteiger partial charge in [0.1, 0.15) is 0 Å². The summed E-state index contributed by atoms with van der Waals surface area (Å²) in [6.07, 6.45) is 4.94. The fraction of sp³-hybridized carbons (Fsp3) is 0.0769. The number of nitrogens with zero attached hydrogens (tertiary/aromatic N) is 1. The van der Waals surface area contributed by atoms with Gasteiger partial charge in [0.05, 0.1) is 4.90 Å². The fourth-order valence-electron chi connectivity index (χ4n) is 1.64. The number of carbonyl (C=O) groups is 1. The summed E-state index contributed by atoms with van der Waals surface area (Å²) in [4.78, 5) is 15.1. The van der Waals surface area contributed by atoms with Crippen molar-refractivity contribution in [2.75, 3.05) is 6.26 Å². The topological polar surface area (TPSA) is 64.1 Å². The molecule has 0 spiro atoms. The van der Waals surface area contributed by atoms with Gasteiger partial charge in [-0.1, -0.05) is 12.1 Å². The van der Waals surface area contributed by atoms with E-state index in [4.69, 9.17) is 0 Å². The third kappa shape index (κ3) is 2.46. The maximum Gasteiger partial charge on any atom is 0.175 e. The Balaban J connectivity index is 2.62. The van der Waals surface area contributed by atoms with Crippen molar-refractivity contribution in [3.8, 4) is 11.1 Å². The summed E-state index contributed by atoms with van der Waals surface area (Å²) in [5.41, 5.74) is 1.77. The van der Waals surface area contributed by atoms with Crippen molar-refractivity contribution in [1.82, 2.24) is 4.98 Å². The maximum absolute atomic E-state index is 11.5. The highest BCUT2D eigenvalue weighted by Gasteiger charge is 2.10. The second-order valence-electron chi connectivity index (χ2n) is 3.88. The second kappa shape index (κ2) is 4.70. The monoisotopic (exact) mass is 261 g/mol. The molecule has 1 aromatic heterocycles. The zero-order chi connectivity index (χ0) is 13.2. The highest BCUT2D eigenvalue weighted by molar-refractivity contribution is 7.90. The lowest BCUT2D eigenvalue weighted by atomic mass is 10.0. The molecule has 0 fully saturated rings. The van der Waals surface area contributed by atoms with Crippen molar-refractivity contribution in [1.29, 1.82) is 0 Å². The molecule has 0 atom stereocenters. The van der Waals surface area contributed by atoms with Crippen molar-refractivity contribution in [2.24, 2.45) is 0 Å². The Labute approximate surface area is 105 Å². The smallest absolute Gasteiger partial charge is 0.175 e. The Kier molecular flexibility index (Phi) is 3.25. The van der Waals surface area contributed by atoms with Crippen LogP contribution in [0.2, 0.25) is 0 Å². The molecule has 0 aliphatic carbocycles. The minimum absolute atomic E-state index is 0.223. The molecule has 92 valence electrons. The van der Waals surface area contributed by atoms with Gasteiger partial charge in [-0.3, -0.25) is 9.78 Å². The van der Waals surface area contributed by atoms with Gasteiger partial charge in [0.25, 0.3) is 0 Å². The summed E-state index contributed by atoms with van der Waals surface area (Å²) in [6.45, 7) is 0. The molecule has 1 heterocycles. The number of carbonyl (C=O) groups excluding carboxylic acids is 1. The number of aromatic nitrogens is 1. The van der Waals surface area contributed by atoms with Gasteiger partial charge in [-0.15, -0.1) is 0 Å². The van der Waals surface area contributed by atoms with Crippen LogP contribution in [0.1, 0.15) is 10.4 Å². The molecule has 1 aromatic carbocycles. The van der Waals surface area contributed by atoms with Crippen LogP contribution in [0.4, 0.5) is 0 Å². The van der Waals surface area contributed by atoms with Crippen molar-refractivity contribution in [3.05, 3.63) is 48.3 Å². The van der Waals surface area contributed by atoms with E-state index in [1.165, 1.54) is 12.3 Å². The summed E-state index contributed by atoms with van der Waals surface area (Å²) in [5.74, 6) is 0. The summed E-state index contributed by atoms with van der Waals surface area (Å²) in [7, 11) is -3.26. The zero-order valence-corrected chi connectivity index (χ0v) is 10.5. The molecule has 0 saturated carbocycles. The molecule has 0 radical (unpaired) electrons. The Morgan fingerprint density at radius 2 is 2.00 bits per heavy atom. The lowest BCUT2D eigenvalue weighted by molar-refractivity contribution is 0.112. The number of aldehydes is 1. The molecule has 0 amide bonds. The van der Waals surface area contributed by atoms with Crippen LogP contribution in [0.25, 0.3) is 11.1 Å². The van der Waals surface area contributed by atoms with Gasteiger partial charge < -0.3 is 0 Å². The highest BCUT2D eigenvalue weighted by Crippen LogP contribution is 2.24. The van der Waals surface area contributed by atoms with E-state index in [1.807, 2.05) is 0 Å². The first kappa shape index (κ1) is 12.4. The van der Waals surface area contributed by atoms with E-state index >= 15 is 0 Å². The van der Waals surface area contributed by atoms with Crippen LogP contribution in [0.15, 0.2) is 47.6 Å². The number of benzene rings is 1. The van der Waals surface area contributed by atoms with Crippen LogP contribution < -0.4 is 0 Å². The largest absolute Gasteiger partial charge is 0.298 e. The van der Waals surface area contributed by atoms with Crippen LogP contribution in [-0.4, -0.2) is 25.9 Å². The zero-order valence-electron chi connectivity index (χ0n) is 9.70. The van der Waals surface area contributed by atoms with Gasteiger partial charge in [0.15, 0.2) is 16.1 Å². The summed E-state index contributed by atoms with van der Waals surface area (Å²) >= 11 is 0. The van der Waals surface area contributed by atoms with Crippen molar-refractivity contribution >= 4 is 16.1 Å². The maximum atomic E-state index is 11.5. The lowest BCUT2D eigenvalue weighted by Gasteiger charge is -2.06. The summed E-state index contributed by atoms with van der Waals surface area (Å²) in [6, 6.07) is 8.05. The minimum atomic E-state index is -3.26. The Morgan fingerprint density at radius 3 is 2.67 bits per heavy atom. The molecule has 5 heteroatoms. The molecule has 18 heavy (non-hydrogen) atoms. The van der Waals surface area contributed by atoms with E-state index in [9.17, 15) is 13.2 Å². The predicted molar refractivity (Wildman–Crippen MR) is 68.2 cm³/mol. The number of pyridine rings is 1. The van der Waals surface area contributed by atoms with Crippen LogP contribution in [0.3, 0.4) is 0 Å². The van der Waals surface area contributed by atoms with Gasteiger partial charge in [-0.2, -0.15) is 0 Å². The molecular weight excluding hydrogens is 250 g/mol. The van der Waals surface area contributed by atoms with Crippen LogP contribution in [0, 0.1) is 0 Å². The Bertz CT molecular complexity index is 693. The number of hydrogen-bond acceptors (Lipinski definition) is 4. The summed E-state index contributed by atoms with van der Waals surface area (Å²) < 4.78 is 23.0. The van der Waals surface area contributed by atoms with Crippen LogP contribution in [0.5, 0.6) is 0 Å². The fourth-order valence-corrected chi connectivity index (χ4v) is 2.31. The number of sulfone groups is 1. The Hall–Kier alpha value is -2.01. The average molecular weight is 261 g/mol. The highest BCUT2D eigenvalue weighted by atomic mass is 32.2. The van der Waals surface area contributed by atoms with Crippen molar-refractivity contribution in [2.45, 2.75) is 4.90 Å². The molecule has 2 aromatic rings. The van der Waals surface area contributed by atoms with Gasteiger partial charge in [0.2, 0.25) is 0 Å². The molecule has 0 saturated heterocycles. The first-order valence-electron chi connectivity index (χ1n) is 5.22. The van der Waals surface area contributed by atoms with Crippen LogP contribution in [-0.2, 0) is 9.84 Å². The van der Waals surface area contributed by atoms with Crippen molar-refractivity contribution in [3.63, 3.8) is 0 Å². The van der Waals surface area contributed by atoms with E-state index in [0.29, 0.717) is 16.7 Å². The molecule has 0 N–H and O–H groups in total. The normalized spacial score (nSPS) is 11.2. The van der Waals surface area contributed by atoms with E-state index in [1.54, 1.807) is 30.5 Å². The van der Waals surface area contributed by atoms with E-state index in [2.05, 4.69) is 4.98 Å². The number of rotatable bonds is 3. The minimum Gasteiger partial charge on any atom is -0.298 e. The van der Waals surface area contributed by atoms with Gasteiger partial charge in [-0.25, -0.2) is 8.42 Å². The molecule has 2 rings (SSSR count). The summed E-state index contributed by atoms with van der Waals surface area (Å²) in [5, 5.41) is 0. The van der Waals surface area contributed by atoms with E-state index in [0.717, 1.165) is 12.5 Å². The van der Waals surface area contributed by atoms with E-state index < -0.39 is 9.84 Å². The molecular formula is C13H11NO3S. The standard InChI is InChI=1S/C13H11NO3S/c1-18(16,17)12-4-2-3-10(7-12)13-8-14-6-5-11(13)9-15/h2-9H,1H3. The molecule has 4 nitrogen and oxygen atoms in total. The quantitative estimate of drug-likeness (QED) is 0.792. The van der Waals surface area contributed by atoms with Gasteiger partial charge >= 0.3 is 0 Å². The molecule has 0 bridgehead atoms. The van der Waals surface area contributed by atoms with E-state index in [-0.39, 0.29) is 4.90 Å². The first-order valence-corrected chi connectivity index (χ1v) is 7.11.